The summed E-state index contributed by atoms with van der Waals surface area (Å²) in [5.74, 6) is 0. The van der Waals surface area contributed by atoms with E-state index in [4.69, 9.17) is 9.31 Å². The molecule has 0 spiro atoms. The van der Waals surface area contributed by atoms with Crippen LogP contribution in [-0.4, -0.2) is 42.9 Å². The van der Waals surface area contributed by atoms with E-state index < -0.39 is 0 Å². The SMILES string of the molecule is CCCCN(CCCC)CC1(C)OB(c2ccccc2)OC1(C)C. The Morgan fingerprint density at radius 2 is 1.50 bits per heavy atom. The van der Waals surface area contributed by atoms with Gasteiger partial charge in [-0.1, -0.05) is 57.0 Å². The predicted molar refractivity (Wildman–Crippen MR) is 103 cm³/mol. The zero-order valence-corrected chi connectivity index (χ0v) is 16.2. The van der Waals surface area contributed by atoms with Gasteiger partial charge in [0.1, 0.15) is 0 Å². The molecule has 1 unspecified atom stereocenters. The highest BCUT2D eigenvalue weighted by molar-refractivity contribution is 6.62. The van der Waals surface area contributed by atoms with Gasteiger partial charge in [-0.05, 0) is 52.2 Å². The highest BCUT2D eigenvalue weighted by Crippen LogP contribution is 2.38. The first kappa shape index (κ1) is 19.5. The van der Waals surface area contributed by atoms with Crippen LogP contribution in [0.15, 0.2) is 30.3 Å². The van der Waals surface area contributed by atoms with Gasteiger partial charge in [0.05, 0.1) is 11.2 Å². The number of benzene rings is 1. The van der Waals surface area contributed by atoms with Gasteiger partial charge in [0, 0.05) is 6.54 Å². The fraction of sp³-hybridized carbons (Fsp3) is 0.700. The zero-order valence-electron chi connectivity index (χ0n) is 16.2. The molecule has 0 aliphatic carbocycles. The molecule has 1 aromatic rings. The fourth-order valence-corrected chi connectivity index (χ4v) is 3.23. The molecule has 2 rings (SSSR count). The van der Waals surface area contributed by atoms with E-state index in [1.54, 1.807) is 0 Å². The van der Waals surface area contributed by atoms with E-state index in [0.717, 1.165) is 25.1 Å². The molecule has 3 nitrogen and oxygen atoms in total. The highest BCUT2D eigenvalue weighted by atomic mass is 16.7. The average Bonchev–Trinajstić information content (AvgIpc) is 2.80. The minimum atomic E-state index is -0.315. The third-order valence-electron chi connectivity index (χ3n) is 5.30. The van der Waals surface area contributed by atoms with E-state index in [0.29, 0.717) is 0 Å². The second-order valence-electron chi connectivity index (χ2n) is 7.70. The maximum Gasteiger partial charge on any atom is 0.494 e. The molecular formula is C20H34BNO2. The minimum absolute atomic E-state index is 0.273. The van der Waals surface area contributed by atoms with E-state index in [-0.39, 0.29) is 18.3 Å². The van der Waals surface area contributed by atoms with E-state index >= 15 is 0 Å². The van der Waals surface area contributed by atoms with Crippen molar-refractivity contribution in [3.63, 3.8) is 0 Å². The van der Waals surface area contributed by atoms with Crippen molar-refractivity contribution in [1.82, 2.24) is 4.90 Å². The lowest BCUT2D eigenvalue weighted by Crippen LogP contribution is -2.53. The molecular weight excluding hydrogens is 297 g/mol. The van der Waals surface area contributed by atoms with Gasteiger partial charge >= 0.3 is 7.12 Å². The van der Waals surface area contributed by atoms with E-state index in [1.807, 2.05) is 18.2 Å². The molecule has 1 atom stereocenters. The number of hydrogen-bond acceptors (Lipinski definition) is 3. The topological polar surface area (TPSA) is 21.7 Å². The standard InChI is InChI=1S/C20H34BNO2/c1-6-8-15-22(16-9-7-2)17-20(5)19(3,4)23-21(24-20)18-13-11-10-12-14-18/h10-14H,6-9,15-17H2,1-5H3. The van der Waals surface area contributed by atoms with Crippen molar-refractivity contribution in [3.8, 4) is 0 Å². The second kappa shape index (κ2) is 8.51. The lowest BCUT2D eigenvalue weighted by molar-refractivity contribution is -0.0342. The number of rotatable bonds is 9. The molecule has 1 aromatic carbocycles. The molecule has 0 radical (unpaired) electrons. The van der Waals surface area contributed by atoms with Crippen molar-refractivity contribution in [3.05, 3.63) is 30.3 Å². The summed E-state index contributed by atoms with van der Waals surface area (Å²) in [6, 6.07) is 10.3. The quantitative estimate of drug-likeness (QED) is 0.641. The first-order chi connectivity index (χ1) is 11.4. The smallest absolute Gasteiger partial charge is 0.399 e. The number of hydrogen-bond donors (Lipinski definition) is 0. The third-order valence-corrected chi connectivity index (χ3v) is 5.30. The largest absolute Gasteiger partial charge is 0.494 e. The molecule has 0 bridgehead atoms. The van der Waals surface area contributed by atoms with Gasteiger partial charge in [-0.2, -0.15) is 0 Å². The Labute approximate surface area is 148 Å². The maximum atomic E-state index is 6.48. The van der Waals surface area contributed by atoms with Crippen LogP contribution in [0, 0.1) is 0 Å². The number of unbranched alkanes of at least 4 members (excludes halogenated alkanes) is 2. The fourth-order valence-electron chi connectivity index (χ4n) is 3.23. The van der Waals surface area contributed by atoms with Crippen LogP contribution in [0.5, 0.6) is 0 Å². The molecule has 24 heavy (non-hydrogen) atoms. The Bertz CT molecular complexity index is 486. The molecule has 0 aromatic heterocycles. The monoisotopic (exact) mass is 331 g/mol. The molecule has 1 heterocycles. The second-order valence-corrected chi connectivity index (χ2v) is 7.70. The summed E-state index contributed by atoms with van der Waals surface area (Å²) in [5.41, 5.74) is 0.474. The Morgan fingerprint density at radius 3 is 2.04 bits per heavy atom. The maximum absolute atomic E-state index is 6.48. The molecule has 0 N–H and O–H groups in total. The van der Waals surface area contributed by atoms with Gasteiger partial charge < -0.3 is 14.2 Å². The lowest BCUT2D eigenvalue weighted by atomic mass is 9.79. The van der Waals surface area contributed by atoms with Crippen LogP contribution in [0.25, 0.3) is 0 Å². The summed E-state index contributed by atoms with van der Waals surface area (Å²) in [4.78, 5) is 2.56. The molecule has 1 aliphatic rings. The molecule has 1 saturated heterocycles. The summed E-state index contributed by atoms with van der Waals surface area (Å²) in [5, 5.41) is 0. The van der Waals surface area contributed by atoms with Crippen molar-refractivity contribution in [2.45, 2.75) is 71.5 Å². The van der Waals surface area contributed by atoms with Gasteiger partial charge in [-0.15, -0.1) is 0 Å². The van der Waals surface area contributed by atoms with Crippen molar-refractivity contribution in [2.24, 2.45) is 0 Å². The predicted octanol–water partition coefficient (Wildman–Crippen LogP) is 3.87. The summed E-state index contributed by atoms with van der Waals surface area (Å²) < 4.78 is 12.8. The first-order valence-corrected chi connectivity index (χ1v) is 9.55. The molecule has 4 heteroatoms. The molecule has 0 saturated carbocycles. The van der Waals surface area contributed by atoms with Crippen molar-refractivity contribution in [2.75, 3.05) is 19.6 Å². The van der Waals surface area contributed by atoms with Crippen molar-refractivity contribution >= 4 is 12.6 Å². The highest BCUT2D eigenvalue weighted by Gasteiger charge is 2.54. The summed E-state index contributed by atoms with van der Waals surface area (Å²) in [6.07, 6.45) is 4.94. The van der Waals surface area contributed by atoms with Crippen LogP contribution < -0.4 is 5.46 Å². The minimum Gasteiger partial charge on any atom is -0.399 e. The molecule has 1 fully saturated rings. The molecule has 1 aliphatic heterocycles. The summed E-state index contributed by atoms with van der Waals surface area (Å²) in [6.45, 7) is 14.2. The summed E-state index contributed by atoms with van der Waals surface area (Å²) >= 11 is 0. The Kier molecular flexibility index (Phi) is 6.91. The first-order valence-electron chi connectivity index (χ1n) is 9.55. The van der Waals surface area contributed by atoms with Gasteiger partial charge in [0.2, 0.25) is 0 Å². The zero-order chi connectivity index (χ0) is 17.6. The molecule has 0 amide bonds. The lowest BCUT2D eigenvalue weighted by Gasteiger charge is -2.40. The van der Waals surface area contributed by atoms with E-state index in [1.165, 1.54) is 25.7 Å². The summed E-state index contributed by atoms with van der Waals surface area (Å²) in [7, 11) is -0.273. The van der Waals surface area contributed by atoms with Crippen molar-refractivity contribution in [1.29, 1.82) is 0 Å². The van der Waals surface area contributed by atoms with Gasteiger partial charge in [-0.3, -0.25) is 0 Å². The Morgan fingerprint density at radius 1 is 0.917 bits per heavy atom. The van der Waals surface area contributed by atoms with Crippen LogP contribution >= 0.6 is 0 Å². The van der Waals surface area contributed by atoms with Crippen LogP contribution in [0.3, 0.4) is 0 Å². The van der Waals surface area contributed by atoms with Gasteiger partial charge in [-0.25, -0.2) is 0 Å². The Hall–Kier alpha value is -0.835. The van der Waals surface area contributed by atoms with Gasteiger partial charge in [0.25, 0.3) is 0 Å². The average molecular weight is 331 g/mol. The molecule has 134 valence electrons. The number of nitrogens with zero attached hydrogens (tertiary/aromatic N) is 1. The van der Waals surface area contributed by atoms with Crippen LogP contribution in [0.1, 0.15) is 60.3 Å². The Balaban J connectivity index is 2.10. The normalized spacial score (nSPS) is 23.2. The van der Waals surface area contributed by atoms with Crippen molar-refractivity contribution < 1.29 is 9.31 Å². The van der Waals surface area contributed by atoms with E-state index in [9.17, 15) is 0 Å². The third kappa shape index (κ3) is 4.62. The van der Waals surface area contributed by atoms with Crippen LogP contribution in [0.4, 0.5) is 0 Å². The van der Waals surface area contributed by atoms with Crippen LogP contribution in [0.2, 0.25) is 0 Å². The van der Waals surface area contributed by atoms with E-state index in [2.05, 4.69) is 51.7 Å². The van der Waals surface area contributed by atoms with Gasteiger partial charge in [0.15, 0.2) is 0 Å². The van der Waals surface area contributed by atoms with Crippen LogP contribution in [-0.2, 0) is 9.31 Å².